The van der Waals surface area contributed by atoms with Crippen molar-refractivity contribution in [3.63, 3.8) is 0 Å². The fraction of sp³-hybridized carbons (Fsp3) is 0. The SMILES string of the molecule is [C-]#N.[C-]#N.[Cu+].[Na+]. The van der Waals surface area contributed by atoms with Crippen LogP contribution in [0.3, 0.4) is 0 Å². The molecule has 0 heterocycles. The predicted molar refractivity (Wildman–Crippen MR) is 9.94 cm³/mol. The molecule has 0 unspecified atom stereocenters. The van der Waals surface area contributed by atoms with E-state index < -0.39 is 0 Å². The molecule has 0 saturated heterocycles. The van der Waals surface area contributed by atoms with Crippen molar-refractivity contribution in [3.8, 4) is 0 Å². The second kappa shape index (κ2) is 446. The zero-order valence-electron chi connectivity index (χ0n) is 3.20. The van der Waals surface area contributed by atoms with Crippen LogP contribution >= 0.6 is 0 Å². The molecule has 0 amide bonds. The van der Waals surface area contributed by atoms with Crippen LogP contribution in [0.25, 0.3) is 0 Å². The first-order valence-corrected chi connectivity index (χ1v) is 0.447. The molecule has 0 spiro atoms. The molecule has 0 saturated carbocycles. The summed E-state index contributed by atoms with van der Waals surface area (Å²) >= 11 is 0. The molecule has 0 aromatic heterocycles. The van der Waals surface area contributed by atoms with Crippen LogP contribution in [0.5, 0.6) is 0 Å². The van der Waals surface area contributed by atoms with Gasteiger partial charge in [-0.25, -0.2) is 0 Å². The van der Waals surface area contributed by atoms with Gasteiger partial charge in [0.25, 0.3) is 0 Å². The Hall–Kier alpha value is 0.499. The van der Waals surface area contributed by atoms with Gasteiger partial charge in [-0.2, -0.15) is 0 Å². The van der Waals surface area contributed by atoms with Gasteiger partial charge in [0.2, 0.25) is 0 Å². The van der Waals surface area contributed by atoms with Gasteiger partial charge in [0.15, 0.2) is 0 Å². The van der Waals surface area contributed by atoms with E-state index in [4.69, 9.17) is 23.7 Å². The van der Waals surface area contributed by atoms with Gasteiger partial charge in [0.05, 0.1) is 0 Å². The van der Waals surface area contributed by atoms with Crippen molar-refractivity contribution in [3.05, 3.63) is 13.1 Å². The van der Waals surface area contributed by atoms with Gasteiger partial charge in [-0.3, -0.25) is 0 Å². The van der Waals surface area contributed by atoms with Gasteiger partial charge < -0.3 is 23.7 Å². The van der Waals surface area contributed by atoms with Gasteiger partial charge in [-0.1, -0.05) is 0 Å². The standard InChI is InChI=1S/2CN.Cu.Na/c2*1-2;;/q2*-1;2*+1. The van der Waals surface area contributed by atoms with Gasteiger partial charge in [-0.15, -0.1) is 0 Å². The third-order valence-electron chi connectivity index (χ3n) is 0. The fourth-order valence-corrected chi connectivity index (χ4v) is 0. The van der Waals surface area contributed by atoms with Crippen molar-refractivity contribution in [2.24, 2.45) is 0 Å². The molecule has 0 bridgehead atoms. The van der Waals surface area contributed by atoms with Crippen LogP contribution in [-0.2, 0) is 17.1 Å². The topological polar surface area (TPSA) is 47.6 Å². The van der Waals surface area contributed by atoms with Gasteiger partial charge in [0, 0.05) is 0 Å². The summed E-state index contributed by atoms with van der Waals surface area (Å²) in [7, 11) is 0. The summed E-state index contributed by atoms with van der Waals surface area (Å²) in [6.07, 6.45) is 0. The van der Waals surface area contributed by atoms with Gasteiger partial charge in [0.1, 0.15) is 0 Å². The molecule has 2 nitrogen and oxygen atoms in total. The third-order valence-corrected chi connectivity index (χ3v) is 0. The van der Waals surface area contributed by atoms with Crippen molar-refractivity contribution in [2.75, 3.05) is 0 Å². The van der Waals surface area contributed by atoms with Crippen LogP contribution in [0.4, 0.5) is 0 Å². The molecule has 0 rings (SSSR count). The Bertz CT molecular complexity index is 27.0. The minimum atomic E-state index is 0. The van der Waals surface area contributed by atoms with Crippen molar-refractivity contribution < 1.29 is 46.6 Å². The normalized spacial score (nSPS) is 0.667. The van der Waals surface area contributed by atoms with Crippen molar-refractivity contribution in [1.29, 1.82) is 10.5 Å². The van der Waals surface area contributed by atoms with E-state index in [0.29, 0.717) is 0 Å². The maximum atomic E-state index is 6.25. The molecular formula is C2CuN2Na. The molecule has 0 aliphatic rings. The summed E-state index contributed by atoms with van der Waals surface area (Å²) in [5.41, 5.74) is 0. The van der Waals surface area contributed by atoms with Crippen LogP contribution in [0.15, 0.2) is 0 Å². The first-order chi connectivity index (χ1) is 2.00. The molecule has 0 atom stereocenters. The summed E-state index contributed by atoms with van der Waals surface area (Å²) in [4.78, 5) is 0. The molecule has 0 aromatic rings. The van der Waals surface area contributed by atoms with E-state index in [0.717, 1.165) is 0 Å². The maximum absolute atomic E-state index is 6.25. The minimum Gasteiger partial charge on any atom is -0.512 e. The van der Waals surface area contributed by atoms with E-state index >= 15 is 0 Å². The summed E-state index contributed by atoms with van der Waals surface area (Å²) in [6.45, 7) is 9.50. The molecule has 4 heteroatoms. The van der Waals surface area contributed by atoms with Crippen molar-refractivity contribution in [2.45, 2.75) is 0 Å². The Morgan fingerprint density at radius 1 is 0.833 bits per heavy atom. The Balaban J connectivity index is -0.00000000500. The number of nitrogens with zero attached hydrogens (tertiary/aromatic N) is 2. The summed E-state index contributed by atoms with van der Waals surface area (Å²) in [6, 6.07) is 0. The Morgan fingerprint density at radius 3 is 0.833 bits per heavy atom. The molecule has 0 radical (unpaired) electrons. The van der Waals surface area contributed by atoms with Crippen LogP contribution < -0.4 is 29.6 Å². The Kier molecular flexibility index (Phi) is 2340. The molecule has 0 fully saturated rings. The van der Waals surface area contributed by atoms with Gasteiger partial charge in [-0.05, 0) is 0 Å². The number of rotatable bonds is 0. The average Bonchev–Trinajstić information content (AvgIpc) is 1.50. The summed E-state index contributed by atoms with van der Waals surface area (Å²) in [5, 5.41) is 12.5. The molecule has 30 valence electrons. The Morgan fingerprint density at radius 2 is 0.833 bits per heavy atom. The largest absolute Gasteiger partial charge is 1.00 e. The van der Waals surface area contributed by atoms with E-state index in [9.17, 15) is 0 Å². The van der Waals surface area contributed by atoms with E-state index in [-0.39, 0.29) is 46.6 Å². The molecule has 6 heavy (non-hydrogen) atoms. The fourth-order valence-electron chi connectivity index (χ4n) is 0. The molecule has 0 N–H and O–H groups in total. The smallest absolute Gasteiger partial charge is 0.512 e. The predicted octanol–water partition coefficient (Wildman–Crippen LogP) is -2.81. The van der Waals surface area contributed by atoms with Crippen LogP contribution in [0.1, 0.15) is 0 Å². The van der Waals surface area contributed by atoms with Crippen molar-refractivity contribution in [1.82, 2.24) is 0 Å². The van der Waals surface area contributed by atoms with E-state index in [1.54, 1.807) is 0 Å². The summed E-state index contributed by atoms with van der Waals surface area (Å²) in [5.74, 6) is 0. The number of hydrogen-bond donors (Lipinski definition) is 0. The van der Waals surface area contributed by atoms with Crippen molar-refractivity contribution >= 4 is 0 Å². The van der Waals surface area contributed by atoms with Crippen LogP contribution in [-0.4, -0.2) is 0 Å². The maximum Gasteiger partial charge on any atom is 1.00 e. The molecular weight excluding hydrogens is 139 g/mol. The first-order valence-electron chi connectivity index (χ1n) is 0.447. The monoisotopic (exact) mass is 138 g/mol. The van der Waals surface area contributed by atoms with E-state index in [1.807, 2.05) is 0 Å². The zero-order valence-corrected chi connectivity index (χ0v) is 6.14. The van der Waals surface area contributed by atoms with Crippen LogP contribution in [0, 0.1) is 23.7 Å². The zero-order chi connectivity index (χ0) is 4.00. The Labute approximate surface area is 69.9 Å². The molecule has 0 aliphatic carbocycles. The number of hydrogen-bond acceptors (Lipinski definition) is 2. The van der Waals surface area contributed by atoms with E-state index in [2.05, 4.69) is 0 Å². The molecule has 0 aromatic carbocycles. The van der Waals surface area contributed by atoms with Gasteiger partial charge >= 0.3 is 46.6 Å². The average molecular weight is 139 g/mol. The minimum absolute atomic E-state index is 0. The van der Waals surface area contributed by atoms with Crippen LogP contribution in [0.2, 0.25) is 0 Å². The second-order valence-electron chi connectivity index (χ2n) is 0. The van der Waals surface area contributed by atoms with E-state index in [1.165, 1.54) is 0 Å². The second-order valence-corrected chi connectivity index (χ2v) is 0. The quantitative estimate of drug-likeness (QED) is 0.268. The third kappa shape index (κ3) is 221. The summed E-state index contributed by atoms with van der Waals surface area (Å²) < 4.78 is 0. The molecule has 0 aliphatic heterocycles. The first kappa shape index (κ1) is 31.5.